The Labute approximate surface area is 180 Å². The summed E-state index contributed by atoms with van der Waals surface area (Å²) in [5.74, 6) is -0.576. The number of para-hydroxylation sites is 1. The van der Waals surface area contributed by atoms with Crippen molar-refractivity contribution in [2.75, 3.05) is 21.7 Å². The van der Waals surface area contributed by atoms with Gasteiger partial charge in [0.2, 0.25) is 16.9 Å². The summed E-state index contributed by atoms with van der Waals surface area (Å²) in [5, 5.41) is 19.2. The quantitative estimate of drug-likeness (QED) is 0.411. The van der Waals surface area contributed by atoms with Crippen LogP contribution in [0.25, 0.3) is 0 Å². The Bertz CT molecular complexity index is 1040. The number of hydrogen-bond donors (Lipinski definition) is 4. The molecule has 0 aliphatic rings. The Hall–Kier alpha value is -3.44. The molecular formula is C19H18N6O3S2. The fraction of sp³-hybridized carbons (Fsp3) is 0.105. The number of urea groups is 1. The largest absolute Gasteiger partial charge is 0.330 e. The van der Waals surface area contributed by atoms with Crippen LogP contribution < -0.4 is 21.3 Å². The van der Waals surface area contributed by atoms with Gasteiger partial charge in [-0.05, 0) is 30.3 Å². The van der Waals surface area contributed by atoms with Gasteiger partial charge in [0.1, 0.15) is 0 Å². The molecule has 0 fully saturated rings. The summed E-state index contributed by atoms with van der Waals surface area (Å²) < 4.78 is 0.578. The van der Waals surface area contributed by atoms with Gasteiger partial charge < -0.3 is 16.0 Å². The Morgan fingerprint density at radius 3 is 2.43 bits per heavy atom. The van der Waals surface area contributed by atoms with Crippen molar-refractivity contribution >= 4 is 63.1 Å². The smallest absolute Gasteiger partial charge is 0.325 e. The fourth-order valence-electron chi connectivity index (χ4n) is 2.29. The maximum absolute atomic E-state index is 12.0. The molecule has 0 saturated carbocycles. The van der Waals surface area contributed by atoms with Crippen molar-refractivity contribution in [3.05, 3.63) is 54.6 Å². The van der Waals surface area contributed by atoms with E-state index in [1.807, 2.05) is 12.1 Å². The number of thioether (sulfide) groups is 1. The molecule has 154 valence electrons. The molecule has 0 atom stereocenters. The van der Waals surface area contributed by atoms with Gasteiger partial charge in [-0.25, -0.2) is 4.79 Å². The van der Waals surface area contributed by atoms with Crippen LogP contribution in [0.5, 0.6) is 0 Å². The number of anilines is 4. The lowest BCUT2D eigenvalue weighted by Crippen LogP contribution is -2.35. The summed E-state index contributed by atoms with van der Waals surface area (Å²) in [6.07, 6.45) is 0. The first-order valence-electron chi connectivity index (χ1n) is 8.75. The summed E-state index contributed by atoms with van der Waals surface area (Å²) in [5.41, 5.74) is 2.00. The van der Waals surface area contributed by atoms with Crippen molar-refractivity contribution < 1.29 is 14.4 Å². The molecule has 0 bridgehead atoms. The maximum atomic E-state index is 12.0. The first-order chi connectivity index (χ1) is 14.5. The molecule has 1 heterocycles. The average molecular weight is 443 g/mol. The minimum atomic E-state index is -0.592. The Morgan fingerprint density at radius 1 is 0.933 bits per heavy atom. The number of imide groups is 1. The van der Waals surface area contributed by atoms with Crippen LogP contribution >= 0.6 is 23.1 Å². The van der Waals surface area contributed by atoms with E-state index in [4.69, 9.17) is 0 Å². The maximum Gasteiger partial charge on any atom is 0.325 e. The van der Waals surface area contributed by atoms with Gasteiger partial charge in [0.15, 0.2) is 4.34 Å². The lowest BCUT2D eigenvalue weighted by atomic mass is 10.3. The van der Waals surface area contributed by atoms with Crippen LogP contribution in [-0.2, 0) is 9.59 Å². The zero-order valence-corrected chi connectivity index (χ0v) is 17.5. The molecule has 0 saturated heterocycles. The Balaban J connectivity index is 1.46. The number of carbonyl (C=O) groups excluding carboxylic acids is 3. The lowest BCUT2D eigenvalue weighted by molar-refractivity contribution is -0.117. The molecule has 9 nitrogen and oxygen atoms in total. The summed E-state index contributed by atoms with van der Waals surface area (Å²) in [7, 11) is 0. The van der Waals surface area contributed by atoms with Crippen LogP contribution in [0.1, 0.15) is 6.92 Å². The highest BCUT2D eigenvalue weighted by molar-refractivity contribution is 8.01. The van der Waals surface area contributed by atoms with E-state index < -0.39 is 11.9 Å². The number of rotatable bonds is 7. The van der Waals surface area contributed by atoms with Gasteiger partial charge in [-0.1, -0.05) is 47.4 Å². The molecule has 0 unspecified atom stereocenters. The topological polar surface area (TPSA) is 125 Å². The van der Waals surface area contributed by atoms with Crippen LogP contribution in [0.4, 0.5) is 27.0 Å². The number of amides is 4. The van der Waals surface area contributed by atoms with E-state index in [9.17, 15) is 14.4 Å². The molecule has 11 heteroatoms. The molecule has 0 aliphatic heterocycles. The van der Waals surface area contributed by atoms with Gasteiger partial charge in [0.05, 0.1) is 5.75 Å². The van der Waals surface area contributed by atoms with E-state index >= 15 is 0 Å². The van der Waals surface area contributed by atoms with E-state index in [2.05, 4.69) is 31.5 Å². The van der Waals surface area contributed by atoms with Crippen LogP contribution in [-0.4, -0.2) is 33.8 Å². The van der Waals surface area contributed by atoms with Crippen molar-refractivity contribution in [2.24, 2.45) is 0 Å². The van der Waals surface area contributed by atoms with Gasteiger partial charge in [-0.15, -0.1) is 10.2 Å². The number of nitrogens with one attached hydrogen (secondary N) is 4. The summed E-state index contributed by atoms with van der Waals surface area (Å²) >= 11 is 2.45. The van der Waals surface area contributed by atoms with Crippen molar-refractivity contribution in [2.45, 2.75) is 11.3 Å². The number of benzene rings is 2. The molecule has 3 rings (SSSR count). The van der Waals surface area contributed by atoms with E-state index in [-0.39, 0.29) is 11.7 Å². The standard InChI is InChI=1S/C19H18N6O3S2/c1-12(26)20-14-8-5-9-15(10-14)22-18-24-25-19(30-18)29-11-16(27)23-17(28)21-13-6-3-2-4-7-13/h2-10H,11H2,1H3,(H,20,26)(H,22,24)(H2,21,23,27,28). The summed E-state index contributed by atoms with van der Waals surface area (Å²) in [6.45, 7) is 1.44. The lowest BCUT2D eigenvalue weighted by Gasteiger charge is -2.06. The predicted octanol–water partition coefficient (Wildman–Crippen LogP) is 3.68. The van der Waals surface area contributed by atoms with Gasteiger partial charge in [-0.3, -0.25) is 14.9 Å². The zero-order chi connectivity index (χ0) is 21.3. The third kappa shape index (κ3) is 6.87. The second-order valence-electron chi connectivity index (χ2n) is 5.92. The minimum Gasteiger partial charge on any atom is -0.330 e. The first-order valence-corrected chi connectivity index (χ1v) is 10.5. The van der Waals surface area contributed by atoms with Crippen LogP contribution in [0.3, 0.4) is 0 Å². The van der Waals surface area contributed by atoms with E-state index in [0.29, 0.717) is 20.8 Å². The average Bonchev–Trinajstić information content (AvgIpc) is 3.14. The van der Waals surface area contributed by atoms with Crippen LogP contribution in [0, 0.1) is 0 Å². The van der Waals surface area contributed by atoms with Gasteiger partial charge in [-0.2, -0.15) is 0 Å². The second-order valence-corrected chi connectivity index (χ2v) is 8.12. The fourth-order valence-corrected chi connectivity index (χ4v) is 3.87. The van der Waals surface area contributed by atoms with Gasteiger partial charge in [0, 0.05) is 24.0 Å². The molecule has 0 spiro atoms. The van der Waals surface area contributed by atoms with Crippen LogP contribution in [0.15, 0.2) is 58.9 Å². The Kier molecular flexibility index (Phi) is 7.35. The minimum absolute atomic E-state index is 0.0227. The van der Waals surface area contributed by atoms with Crippen molar-refractivity contribution in [1.82, 2.24) is 15.5 Å². The SMILES string of the molecule is CC(=O)Nc1cccc(Nc2nnc(SCC(=O)NC(=O)Nc3ccccc3)s2)c1. The monoisotopic (exact) mass is 442 g/mol. The highest BCUT2D eigenvalue weighted by atomic mass is 32.2. The van der Waals surface area contributed by atoms with Crippen molar-refractivity contribution in [1.29, 1.82) is 0 Å². The second kappa shape index (κ2) is 10.4. The molecular weight excluding hydrogens is 424 g/mol. The molecule has 30 heavy (non-hydrogen) atoms. The molecule has 1 aromatic heterocycles. The van der Waals surface area contributed by atoms with E-state index in [0.717, 1.165) is 5.69 Å². The molecule has 3 aromatic rings. The zero-order valence-electron chi connectivity index (χ0n) is 15.8. The molecule has 4 amide bonds. The normalized spacial score (nSPS) is 10.2. The number of aromatic nitrogens is 2. The third-order valence-electron chi connectivity index (χ3n) is 3.45. The highest BCUT2D eigenvalue weighted by Gasteiger charge is 2.11. The van der Waals surface area contributed by atoms with Gasteiger partial charge >= 0.3 is 6.03 Å². The number of carbonyl (C=O) groups is 3. The Morgan fingerprint density at radius 2 is 1.67 bits per heavy atom. The van der Waals surface area contributed by atoms with E-state index in [1.165, 1.54) is 30.0 Å². The first kappa shape index (κ1) is 21.3. The number of hydrogen-bond acceptors (Lipinski definition) is 8. The molecule has 0 radical (unpaired) electrons. The summed E-state index contributed by atoms with van der Waals surface area (Å²) in [4.78, 5) is 34.9. The van der Waals surface area contributed by atoms with Gasteiger partial charge in [0.25, 0.3) is 0 Å². The summed E-state index contributed by atoms with van der Waals surface area (Å²) in [6, 6.07) is 15.4. The predicted molar refractivity (Wildman–Crippen MR) is 118 cm³/mol. The highest BCUT2D eigenvalue weighted by Crippen LogP contribution is 2.28. The van der Waals surface area contributed by atoms with Crippen LogP contribution in [0.2, 0.25) is 0 Å². The van der Waals surface area contributed by atoms with Crippen molar-refractivity contribution in [3.63, 3.8) is 0 Å². The van der Waals surface area contributed by atoms with E-state index in [1.54, 1.807) is 42.5 Å². The molecule has 2 aromatic carbocycles. The van der Waals surface area contributed by atoms with Crippen molar-refractivity contribution in [3.8, 4) is 0 Å². The molecule has 4 N–H and O–H groups in total. The molecule has 0 aliphatic carbocycles. The third-order valence-corrected chi connectivity index (χ3v) is 5.42. The number of nitrogens with zero attached hydrogens (tertiary/aromatic N) is 2.